The molecule has 22 heavy (non-hydrogen) atoms. The van der Waals surface area contributed by atoms with Crippen molar-refractivity contribution in [3.8, 4) is 0 Å². The van der Waals surface area contributed by atoms with Gasteiger partial charge in [0.15, 0.2) is 9.84 Å². The summed E-state index contributed by atoms with van der Waals surface area (Å²) in [7, 11) is -3.49. The molecule has 0 spiro atoms. The summed E-state index contributed by atoms with van der Waals surface area (Å²) in [4.78, 5) is 12.2. The molecule has 0 saturated heterocycles. The fraction of sp³-hybridized carbons (Fsp3) is 0.188. The minimum absolute atomic E-state index is 0.0533. The van der Waals surface area contributed by atoms with Crippen LogP contribution in [0.3, 0.4) is 0 Å². The second-order valence-corrected chi connectivity index (χ2v) is 7.58. The van der Waals surface area contributed by atoms with Crippen molar-refractivity contribution in [1.29, 1.82) is 0 Å². The maximum atomic E-state index is 12.3. The molecule has 2 aromatic carbocycles. The average molecular weight is 338 g/mol. The zero-order valence-electron chi connectivity index (χ0n) is 12.5. The number of rotatable bonds is 3. The predicted molar refractivity (Wildman–Crippen MR) is 88.4 cm³/mol. The Morgan fingerprint density at radius 2 is 1.77 bits per heavy atom. The molecule has 0 saturated carbocycles. The lowest BCUT2D eigenvalue weighted by Crippen LogP contribution is -2.13. The van der Waals surface area contributed by atoms with Gasteiger partial charge in [-0.05, 0) is 43.7 Å². The number of hydrogen-bond donors (Lipinski definition) is 1. The van der Waals surface area contributed by atoms with Gasteiger partial charge in [0.2, 0.25) is 0 Å². The van der Waals surface area contributed by atoms with Gasteiger partial charge in [-0.2, -0.15) is 0 Å². The van der Waals surface area contributed by atoms with Crippen molar-refractivity contribution in [2.75, 3.05) is 11.6 Å². The lowest BCUT2D eigenvalue weighted by molar-refractivity contribution is 0.102. The van der Waals surface area contributed by atoms with Crippen LogP contribution in [0.4, 0.5) is 5.69 Å². The molecule has 0 bridgehead atoms. The first kappa shape index (κ1) is 16.5. The zero-order valence-corrected chi connectivity index (χ0v) is 14.0. The molecule has 2 rings (SSSR count). The van der Waals surface area contributed by atoms with Crippen molar-refractivity contribution in [3.63, 3.8) is 0 Å². The number of anilines is 1. The van der Waals surface area contributed by atoms with Crippen LogP contribution in [0.25, 0.3) is 0 Å². The number of hydrogen-bond acceptors (Lipinski definition) is 3. The lowest BCUT2D eigenvalue weighted by atomic mass is 10.1. The summed E-state index contributed by atoms with van der Waals surface area (Å²) in [5.74, 6) is -0.381. The Hall–Kier alpha value is -1.85. The first-order valence-corrected chi connectivity index (χ1v) is 8.83. The van der Waals surface area contributed by atoms with Gasteiger partial charge >= 0.3 is 0 Å². The van der Waals surface area contributed by atoms with E-state index in [-0.39, 0.29) is 21.4 Å². The van der Waals surface area contributed by atoms with Crippen LogP contribution in [-0.4, -0.2) is 20.6 Å². The van der Waals surface area contributed by atoms with Crippen molar-refractivity contribution in [2.45, 2.75) is 18.7 Å². The van der Waals surface area contributed by atoms with Crippen molar-refractivity contribution < 1.29 is 13.2 Å². The van der Waals surface area contributed by atoms with E-state index in [1.165, 1.54) is 18.2 Å². The standard InChI is InChI=1S/C16H16ClNO3S/c1-10-4-7-14(11(2)8-10)18-16(19)12-5-6-13(17)15(9-12)22(3,20)21/h4-9H,1-3H3,(H,18,19). The third-order valence-corrected chi connectivity index (χ3v) is 4.80. The summed E-state index contributed by atoms with van der Waals surface area (Å²) in [6.07, 6.45) is 1.06. The first-order chi connectivity index (χ1) is 10.2. The van der Waals surface area contributed by atoms with Gasteiger partial charge in [0.25, 0.3) is 5.91 Å². The van der Waals surface area contributed by atoms with Crippen LogP contribution in [0.2, 0.25) is 5.02 Å². The molecule has 0 aliphatic rings. The number of amides is 1. The maximum absolute atomic E-state index is 12.3. The number of aryl methyl sites for hydroxylation is 2. The van der Waals surface area contributed by atoms with Gasteiger partial charge in [-0.25, -0.2) is 8.42 Å². The number of sulfone groups is 1. The minimum atomic E-state index is -3.49. The molecule has 0 atom stereocenters. The zero-order chi connectivity index (χ0) is 16.5. The second kappa shape index (κ2) is 6.10. The van der Waals surface area contributed by atoms with Crippen molar-refractivity contribution in [3.05, 3.63) is 58.1 Å². The molecule has 0 heterocycles. The van der Waals surface area contributed by atoms with E-state index in [0.29, 0.717) is 5.69 Å². The molecule has 0 unspecified atom stereocenters. The number of carbonyl (C=O) groups is 1. The van der Waals surface area contributed by atoms with Crippen molar-refractivity contribution in [2.24, 2.45) is 0 Å². The quantitative estimate of drug-likeness (QED) is 0.930. The van der Waals surface area contributed by atoms with Gasteiger partial charge < -0.3 is 5.32 Å². The fourth-order valence-corrected chi connectivity index (χ4v) is 3.38. The Morgan fingerprint density at radius 3 is 2.36 bits per heavy atom. The van der Waals surface area contributed by atoms with Gasteiger partial charge in [-0.3, -0.25) is 4.79 Å². The Balaban J connectivity index is 2.34. The smallest absolute Gasteiger partial charge is 0.255 e. The van der Waals surface area contributed by atoms with E-state index < -0.39 is 9.84 Å². The van der Waals surface area contributed by atoms with Crippen LogP contribution in [0, 0.1) is 13.8 Å². The summed E-state index contributed by atoms with van der Waals surface area (Å²) >= 11 is 5.88. The topological polar surface area (TPSA) is 63.2 Å². The van der Waals surface area contributed by atoms with Crippen molar-refractivity contribution in [1.82, 2.24) is 0 Å². The molecular weight excluding hydrogens is 322 g/mol. The van der Waals surface area contributed by atoms with Crippen LogP contribution in [-0.2, 0) is 9.84 Å². The van der Waals surface area contributed by atoms with Crippen LogP contribution in [0.5, 0.6) is 0 Å². The third kappa shape index (κ3) is 3.67. The summed E-state index contributed by atoms with van der Waals surface area (Å²) in [6, 6.07) is 9.86. The molecule has 0 fully saturated rings. The average Bonchev–Trinajstić information content (AvgIpc) is 2.41. The maximum Gasteiger partial charge on any atom is 0.255 e. The van der Waals surface area contributed by atoms with Gasteiger partial charge in [0, 0.05) is 17.5 Å². The Morgan fingerprint density at radius 1 is 1.09 bits per heavy atom. The van der Waals surface area contributed by atoms with E-state index in [1.54, 1.807) is 0 Å². The highest BCUT2D eigenvalue weighted by Crippen LogP contribution is 2.23. The van der Waals surface area contributed by atoms with Gasteiger partial charge in [0.1, 0.15) is 0 Å². The first-order valence-electron chi connectivity index (χ1n) is 6.56. The molecule has 1 amide bonds. The number of benzene rings is 2. The third-order valence-electron chi connectivity index (χ3n) is 3.22. The predicted octanol–water partition coefficient (Wildman–Crippen LogP) is 3.61. The fourth-order valence-electron chi connectivity index (χ4n) is 2.08. The van der Waals surface area contributed by atoms with E-state index in [1.807, 2.05) is 32.0 Å². The Labute approximate surface area is 135 Å². The lowest BCUT2D eigenvalue weighted by Gasteiger charge is -2.10. The SMILES string of the molecule is Cc1ccc(NC(=O)c2ccc(Cl)c(S(C)(=O)=O)c2)c(C)c1. The van der Waals surface area contributed by atoms with Crippen LogP contribution >= 0.6 is 11.6 Å². The van der Waals surface area contributed by atoms with E-state index >= 15 is 0 Å². The van der Waals surface area contributed by atoms with Gasteiger partial charge in [-0.15, -0.1) is 0 Å². The number of carbonyl (C=O) groups excluding carboxylic acids is 1. The summed E-state index contributed by atoms with van der Waals surface area (Å²) in [5, 5.41) is 2.88. The summed E-state index contributed by atoms with van der Waals surface area (Å²) in [6.45, 7) is 3.86. The monoisotopic (exact) mass is 337 g/mol. The van der Waals surface area contributed by atoms with Crippen LogP contribution < -0.4 is 5.32 Å². The van der Waals surface area contributed by atoms with Crippen LogP contribution in [0.1, 0.15) is 21.5 Å². The van der Waals surface area contributed by atoms with Crippen molar-refractivity contribution >= 4 is 33.0 Å². The highest BCUT2D eigenvalue weighted by molar-refractivity contribution is 7.90. The van der Waals surface area contributed by atoms with Gasteiger partial charge in [0.05, 0.1) is 9.92 Å². The molecule has 0 aliphatic carbocycles. The molecule has 0 aliphatic heterocycles. The number of halogens is 1. The second-order valence-electron chi connectivity index (χ2n) is 5.19. The molecule has 0 radical (unpaired) electrons. The van der Waals surface area contributed by atoms with E-state index in [0.717, 1.165) is 17.4 Å². The minimum Gasteiger partial charge on any atom is -0.322 e. The molecule has 1 N–H and O–H groups in total. The molecule has 0 aromatic heterocycles. The van der Waals surface area contributed by atoms with Gasteiger partial charge in [-0.1, -0.05) is 29.3 Å². The Kier molecular flexibility index (Phi) is 4.58. The van der Waals surface area contributed by atoms with E-state index in [4.69, 9.17) is 11.6 Å². The van der Waals surface area contributed by atoms with E-state index in [9.17, 15) is 13.2 Å². The summed E-state index contributed by atoms with van der Waals surface area (Å²) in [5.41, 5.74) is 2.96. The molecule has 6 heteroatoms. The van der Waals surface area contributed by atoms with Crippen LogP contribution in [0.15, 0.2) is 41.3 Å². The number of nitrogens with one attached hydrogen (secondary N) is 1. The van der Waals surface area contributed by atoms with E-state index in [2.05, 4.69) is 5.32 Å². The molecule has 2 aromatic rings. The molecular formula is C16H16ClNO3S. The summed E-state index contributed by atoms with van der Waals surface area (Å²) < 4.78 is 23.3. The molecule has 116 valence electrons. The molecule has 4 nitrogen and oxygen atoms in total. The highest BCUT2D eigenvalue weighted by atomic mass is 35.5. The Bertz CT molecular complexity index is 844. The normalized spacial score (nSPS) is 11.3. The largest absolute Gasteiger partial charge is 0.322 e. The highest BCUT2D eigenvalue weighted by Gasteiger charge is 2.16.